The van der Waals surface area contributed by atoms with E-state index in [4.69, 9.17) is 4.74 Å². The van der Waals surface area contributed by atoms with Crippen LogP contribution in [-0.2, 0) is 30.1 Å². The molecule has 1 atom stereocenters. The summed E-state index contributed by atoms with van der Waals surface area (Å²) in [5.74, 6) is 0.769. The predicted molar refractivity (Wildman–Crippen MR) is 135 cm³/mol. The zero-order chi connectivity index (χ0) is 28.6. The topological polar surface area (TPSA) is 41.6 Å². The van der Waals surface area contributed by atoms with Gasteiger partial charge in [0.15, 0.2) is 0 Å². The summed E-state index contributed by atoms with van der Waals surface area (Å²) in [6.07, 6.45) is -7.34. The molecule has 0 saturated carbocycles. The SMILES string of the molecule is CC(C)CC1(C(=O)N[C@@H](C)c2cc(C(F)(F)F)cc(C(F)(F)F)c2)CCN(Cc2ccc3c(c2)CCO3)CC1. The lowest BCUT2D eigenvalue weighted by molar-refractivity contribution is -0.143. The fraction of sp³-hybridized carbons (Fsp3) is 0.552. The summed E-state index contributed by atoms with van der Waals surface area (Å²) in [7, 11) is 0. The monoisotopic (exact) mass is 556 g/mol. The van der Waals surface area contributed by atoms with Crippen LogP contribution in [0.2, 0.25) is 0 Å². The molecule has 4 rings (SSSR count). The van der Waals surface area contributed by atoms with Crippen molar-refractivity contribution in [3.63, 3.8) is 0 Å². The first-order valence-electron chi connectivity index (χ1n) is 13.2. The highest BCUT2D eigenvalue weighted by atomic mass is 19.4. The van der Waals surface area contributed by atoms with Gasteiger partial charge in [-0.2, -0.15) is 26.3 Å². The van der Waals surface area contributed by atoms with E-state index in [1.165, 1.54) is 18.1 Å². The standard InChI is InChI=1S/C29H34F6N2O2/c1-18(2)16-27(7-9-37(10-8-27)17-20-4-5-25-21(12-20)6-11-39-25)26(38)36-19(3)22-13-23(28(30,31)32)15-24(14-22)29(33,34)35/h4-5,12-15,18-19H,6-11,16-17H2,1-3H3,(H,36,38)/t19-/m0/s1. The zero-order valence-electron chi connectivity index (χ0n) is 22.3. The molecule has 39 heavy (non-hydrogen) atoms. The number of carbonyl (C=O) groups is 1. The molecule has 0 unspecified atom stereocenters. The molecule has 2 aliphatic rings. The lowest BCUT2D eigenvalue weighted by atomic mass is 9.71. The van der Waals surface area contributed by atoms with Gasteiger partial charge in [-0.05, 0) is 86.1 Å². The van der Waals surface area contributed by atoms with E-state index >= 15 is 0 Å². The highest BCUT2D eigenvalue weighted by Gasteiger charge is 2.43. The quantitative estimate of drug-likeness (QED) is 0.368. The largest absolute Gasteiger partial charge is 0.493 e. The van der Waals surface area contributed by atoms with Gasteiger partial charge in [0.2, 0.25) is 5.91 Å². The van der Waals surface area contributed by atoms with E-state index in [0.717, 1.165) is 18.7 Å². The van der Waals surface area contributed by atoms with Crippen LogP contribution in [0, 0.1) is 11.3 Å². The van der Waals surface area contributed by atoms with Gasteiger partial charge in [0.25, 0.3) is 0 Å². The van der Waals surface area contributed by atoms with E-state index in [1.807, 2.05) is 26.0 Å². The van der Waals surface area contributed by atoms with Crippen molar-refractivity contribution in [3.05, 3.63) is 64.2 Å². The number of amides is 1. The van der Waals surface area contributed by atoms with Gasteiger partial charge in [-0.15, -0.1) is 0 Å². The van der Waals surface area contributed by atoms with E-state index in [1.54, 1.807) is 0 Å². The van der Waals surface area contributed by atoms with Crippen LogP contribution in [-0.4, -0.2) is 30.5 Å². The Bertz CT molecular complexity index is 1150. The molecule has 0 bridgehead atoms. The average Bonchev–Trinajstić information content (AvgIpc) is 3.31. The zero-order valence-corrected chi connectivity index (χ0v) is 22.3. The maximum atomic E-state index is 13.6. The fourth-order valence-corrected chi connectivity index (χ4v) is 5.70. The second-order valence-corrected chi connectivity index (χ2v) is 11.2. The lowest BCUT2D eigenvalue weighted by Crippen LogP contribution is -2.49. The number of ether oxygens (including phenoxy) is 1. The maximum Gasteiger partial charge on any atom is 0.416 e. The number of rotatable bonds is 7. The normalized spacial score (nSPS) is 18.5. The van der Waals surface area contributed by atoms with Crippen LogP contribution in [0.15, 0.2) is 36.4 Å². The molecule has 10 heteroatoms. The van der Waals surface area contributed by atoms with Crippen molar-refractivity contribution >= 4 is 5.91 Å². The average molecular weight is 557 g/mol. The smallest absolute Gasteiger partial charge is 0.416 e. The number of hydrogen-bond acceptors (Lipinski definition) is 3. The van der Waals surface area contributed by atoms with Crippen LogP contribution in [0.3, 0.4) is 0 Å². The molecule has 214 valence electrons. The Labute approximate surface area is 224 Å². The molecule has 4 nitrogen and oxygen atoms in total. The number of likely N-dealkylation sites (tertiary alicyclic amines) is 1. The molecule has 1 amide bonds. The molecule has 0 spiro atoms. The van der Waals surface area contributed by atoms with Gasteiger partial charge >= 0.3 is 12.4 Å². The molecule has 0 radical (unpaired) electrons. The number of alkyl halides is 6. The third-order valence-electron chi connectivity index (χ3n) is 7.71. The number of hydrogen-bond donors (Lipinski definition) is 1. The van der Waals surface area contributed by atoms with Crippen LogP contribution in [0.5, 0.6) is 5.75 Å². The Balaban J connectivity index is 1.48. The maximum absolute atomic E-state index is 13.6. The van der Waals surface area contributed by atoms with E-state index in [0.29, 0.717) is 51.1 Å². The number of benzene rings is 2. The molecule has 1 fully saturated rings. The van der Waals surface area contributed by atoms with Crippen molar-refractivity contribution < 1.29 is 35.9 Å². The minimum Gasteiger partial charge on any atom is -0.493 e. The summed E-state index contributed by atoms with van der Waals surface area (Å²) < 4.78 is 85.7. The summed E-state index contributed by atoms with van der Waals surface area (Å²) in [5.41, 5.74) is -1.41. The number of piperidine rings is 1. The molecule has 0 aromatic heterocycles. The van der Waals surface area contributed by atoms with Gasteiger partial charge in [-0.25, -0.2) is 0 Å². The van der Waals surface area contributed by atoms with Crippen LogP contribution in [0.1, 0.15) is 73.9 Å². The Kier molecular flexibility index (Phi) is 8.26. The van der Waals surface area contributed by atoms with E-state index in [2.05, 4.69) is 16.3 Å². The van der Waals surface area contributed by atoms with Crippen molar-refractivity contribution in [2.24, 2.45) is 11.3 Å². The number of nitrogens with zero attached hydrogens (tertiary/aromatic N) is 1. The van der Waals surface area contributed by atoms with Gasteiger partial charge in [0.1, 0.15) is 5.75 Å². The molecule has 2 aromatic rings. The van der Waals surface area contributed by atoms with Crippen LogP contribution in [0.25, 0.3) is 0 Å². The third kappa shape index (κ3) is 6.88. The van der Waals surface area contributed by atoms with Crippen molar-refractivity contribution in [2.75, 3.05) is 19.7 Å². The van der Waals surface area contributed by atoms with Gasteiger partial charge < -0.3 is 10.1 Å². The second-order valence-electron chi connectivity index (χ2n) is 11.2. The molecule has 0 aliphatic carbocycles. The molecule has 2 aliphatic heterocycles. The lowest BCUT2D eigenvalue weighted by Gasteiger charge is -2.42. The highest BCUT2D eigenvalue weighted by molar-refractivity contribution is 5.83. The number of carbonyl (C=O) groups excluding carboxylic acids is 1. The molecule has 2 heterocycles. The third-order valence-corrected chi connectivity index (χ3v) is 7.71. The van der Waals surface area contributed by atoms with Gasteiger partial charge in [-0.3, -0.25) is 9.69 Å². The number of nitrogens with one attached hydrogen (secondary N) is 1. The highest BCUT2D eigenvalue weighted by Crippen LogP contribution is 2.41. The van der Waals surface area contributed by atoms with Crippen LogP contribution < -0.4 is 10.1 Å². The minimum absolute atomic E-state index is 0.0992. The Morgan fingerprint density at radius 2 is 1.59 bits per heavy atom. The van der Waals surface area contributed by atoms with Crippen molar-refractivity contribution in [1.82, 2.24) is 10.2 Å². The van der Waals surface area contributed by atoms with Gasteiger partial charge in [0, 0.05) is 13.0 Å². The first kappa shape index (κ1) is 29.2. The van der Waals surface area contributed by atoms with E-state index < -0.39 is 34.9 Å². The summed E-state index contributed by atoms with van der Waals surface area (Å²) in [4.78, 5) is 15.9. The molecular formula is C29H34F6N2O2. The molecule has 1 saturated heterocycles. The second kappa shape index (κ2) is 11.0. The summed E-state index contributed by atoms with van der Waals surface area (Å²) >= 11 is 0. The Morgan fingerprint density at radius 3 is 2.15 bits per heavy atom. The summed E-state index contributed by atoms with van der Waals surface area (Å²) in [6, 6.07) is 6.60. The van der Waals surface area contributed by atoms with Crippen molar-refractivity contribution in [3.8, 4) is 5.75 Å². The molecule has 2 aromatic carbocycles. The van der Waals surface area contributed by atoms with Gasteiger partial charge in [0.05, 0.1) is 29.2 Å². The first-order chi connectivity index (χ1) is 18.2. The number of halogens is 6. The Hall–Kier alpha value is -2.75. The molecular weight excluding hydrogens is 522 g/mol. The molecule has 1 N–H and O–H groups in total. The van der Waals surface area contributed by atoms with Gasteiger partial charge in [-0.1, -0.05) is 26.0 Å². The summed E-state index contributed by atoms with van der Waals surface area (Å²) in [6.45, 7) is 8.15. The van der Waals surface area contributed by atoms with Crippen molar-refractivity contribution in [2.45, 2.75) is 71.4 Å². The first-order valence-corrected chi connectivity index (χ1v) is 13.2. The van der Waals surface area contributed by atoms with Crippen molar-refractivity contribution in [1.29, 1.82) is 0 Å². The Morgan fingerprint density at radius 1 is 0.974 bits per heavy atom. The fourth-order valence-electron chi connectivity index (χ4n) is 5.70. The van der Waals surface area contributed by atoms with E-state index in [-0.39, 0.29) is 23.5 Å². The predicted octanol–water partition coefficient (Wildman–Crippen LogP) is 7.16. The number of fused-ring (bicyclic) bond motifs is 1. The van der Waals surface area contributed by atoms with Crippen LogP contribution >= 0.6 is 0 Å². The summed E-state index contributed by atoms with van der Waals surface area (Å²) in [5, 5.41) is 2.76. The van der Waals surface area contributed by atoms with E-state index in [9.17, 15) is 31.1 Å². The van der Waals surface area contributed by atoms with Crippen LogP contribution in [0.4, 0.5) is 26.3 Å². The minimum atomic E-state index is -4.95.